The van der Waals surface area contributed by atoms with Crippen molar-refractivity contribution < 1.29 is 23.2 Å². The fourth-order valence-electron chi connectivity index (χ4n) is 3.63. The normalized spacial score (nSPS) is 13.0. The summed E-state index contributed by atoms with van der Waals surface area (Å²) in [5, 5.41) is 5.69. The number of rotatable bonds is 10. The fraction of sp³-hybridized carbons (Fsp3) is 0.308. The van der Waals surface area contributed by atoms with Crippen LogP contribution in [-0.2, 0) is 16.0 Å². The minimum absolute atomic E-state index is 0.00424. The van der Waals surface area contributed by atoms with Crippen LogP contribution in [0, 0.1) is 17.6 Å². The van der Waals surface area contributed by atoms with Gasteiger partial charge in [-0.2, -0.15) is 0 Å². The third-order valence-corrected chi connectivity index (χ3v) is 6.59. The van der Waals surface area contributed by atoms with Crippen LogP contribution in [0.25, 0.3) is 10.4 Å². The molecule has 1 heterocycles. The van der Waals surface area contributed by atoms with Crippen LogP contribution in [0.2, 0.25) is 0 Å². The largest absolute Gasteiger partial charge is 0.369 e. The van der Waals surface area contributed by atoms with E-state index in [1.807, 2.05) is 0 Å². The van der Waals surface area contributed by atoms with Gasteiger partial charge in [0.15, 0.2) is 5.01 Å². The molecule has 3 aromatic rings. The van der Waals surface area contributed by atoms with Crippen LogP contribution >= 0.6 is 11.3 Å². The number of nitrogens with one attached hydrogen (secondary N) is 2. The maximum absolute atomic E-state index is 13.2. The molecule has 0 aliphatic rings. The maximum Gasteiger partial charge on any atom is 0.280 e. The van der Waals surface area contributed by atoms with E-state index in [1.165, 1.54) is 30.5 Å². The highest BCUT2D eigenvalue weighted by Crippen LogP contribution is 2.26. The van der Waals surface area contributed by atoms with E-state index >= 15 is 0 Å². The zero-order chi connectivity index (χ0) is 26.5. The van der Waals surface area contributed by atoms with Gasteiger partial charge in [0, 0.05) is 17.7 Å². The Hall–Kier alpha value is -3.66. The van der Waals surface area contributed by atoms with Crippen LogP contribution in [0.4, 0.5) is 8.78 Å². The van der Waals surface area contributed by atoms with E-state index in [0.717, 1.165) is 16.9 Å². The molecule has 0 aliphatic heterocycles. The summed E-state index contributed by atoms with van der Waals surface area (Å²) in [4.78, 5) is 42.6. The topological polar surface area (TPSA) is 114 Å². The van der Waals surface area contributed by atoms with Crippen LogP contribution in [0.1, 0.15) is 42.6 Å². The van der Waals surface area contributed by atoms with Gasteiger partial charge in [-0.25, -0.2) is 13.8 Å². The Labute approximate surface area is 212 Å². The van der Waals surface area contributed by atoms with Crippen LogP contribution in [0.15, 0.2) is 54.7 Å². The summed E-state index contributed by atoms with van der Waals surface area (Å²) in [6.45, 7) is 5.19. The van der Waals surface area contributed by atoms with Crippen molar-refractivity contribution in [1.29, 1.82) is 0 Å². The van der Waals surface area contributed by atoms with Gasteiger partial charge < -0.3 is 16.4 Å². The molecule has 0 aliphatic carbocycles. The van der Waals surface area contributed by atoms with Crippen molar-refractivity contribution in [3.05, 3.63) is 76.9 Å². The number of hydrogen-bond acceptors (Lipinski definition) is 5. The van der Waals surface area contributed by atoms with Crippen molar-refractivity contribution in [2.45, 2.75) is 45.2 Å². The molecule has 0 saturated carbocycles. The van der Waals surface area contributed by atoms with Gasteiger partial charge in [-0.05, 0) is 62.1 Å². The number of amides is 3. The molecule has 3 rings (SSSR count). The third kappa shape index (κ3) is 7.42. The summed E-state index contributed by atoms with van der Waals surface area (Å²) in [7, 11) is 0. The van der Waals surface area contributed by atoms with E-state index in [9.17, 15) is 23.2 Å². The molecule has 10 heteroatoms. The first-order valence-electron chi connectivity index (χ1n) is 11.3. The van der Waals surface area contributed by atoms with Crippen LogP contribution in [-0.4, -0.2) is 34.3 Å². The highest BCUT2D eigenvalue weighted by atomic mass is 32.1. The van der Waals surface area contributed by atoms with Gasteiger partial charge in [0.2, 0.25) is 11.8 Å². The van der Waals surface area contributed by atoms with Crippen molar-refractivity contribution in [2.75, 3.05) is 0 Å². The van der Waals surface area contributed by atoms with E-state index < -0.39 is 35.2 Å². The number of aromatic nitrogens is 1. The Kier molecular flexibility index (Phi) is 8.52. The van der Waals surface area contributed by atoms with Gasteiger partial charge in [0.05, 0.1) is 4.88 Å². The summed E-state index contributed by atoms with van der Waals surface area (Å²) < 4.78 is 26.4. The molecular formula is C26H28F2N4O3S. The number of thiazole rings is 1. The van der Waals surface area contributed by atoms with E-state index in [4.69, 9.17) is 5.73 Å². The molecule has 4 N–H and O–H groups in total. The molecule has 2 atom stereocenters. The summed E-state index contributed by atoms with van der Waals surface area (Å²) in [6.07, 6.45) is 1.91. The molecule has 0 bridgehead atoms. The molecule has 2 aromatic carbocycles. The Morgan fingerprint density at radius 1 is 1.03 bits per heavy atom. The second-order valence-electron chi connectivity index (χ2n) is 9.28. The fourth-order valence-corrected chi connectivity index (χ4v) is 4.45. The molecule has 1 unspecified atom stereocenters. The van der Waals surface area contributed by atoms with Crippen molar-refractivity contribution in [2.24, 2.45) is 11.7 Å². The smallest absolute Gasteiger partial charge is 0.280 e. The van der Waals surface area contributed by atoms with Gasteiger partial charge in [0.1, 0.15) is 17.7 Å². The van der Waals surface area contributed by atoms with Gasteiger partial charge in [0.25, 0.3) is 5.91 Å². The lowest BCUT2D eigenvalue weighted by molar-refractivity contribution is -0.126. The average Bonchev–Trinajstić information content (AvgIpc) is 3.30. The molecule has 0 radical (unpaired) electrons. The number of carbonyl (C=O) groups is 3. The molecule has 0 saturated heterocycles. The summed E-state index contributed by atoms with van der Waals surface area (Å²) in [5.41, 5.74) is 6.19. The second kappa shape index (κ2) is 11.4. The minimum atomic E-state index is -1.05. The first kappa shape index (κ1) is 26.9. The van der Waals surface area contributed by atoms with Crippen molar-refractivity contribution in [1.82, 2.24) is 15.6 Å². The van der Waals surface area contributed by atoms with Gasteiger partial charge >= 0.3 is 0 Å². The zero-order valence-electron chi connectivity index (χ0n) is 20.2. The lowest BCUT2D eigenvalue weighted by Crippen LogP contribution is -2.54. The molecule has 7 nitrogen and oxygen atoms in total. The third-order valence-electron chi connectivity index (χ3n) is 5.55. The first-order valence-corrected chi connectivity index (χ1v) is 12.1. The van der Waals surface area contributed by atoms with Gasteiger partial charge in [-0.15, -0.1) is 11.3 Å². The molecule has 0 spiro atoms. The summed E-state index contributed by atoms with van der Waals surface area (Å²) in [6, 6.07) is 10.7. The van der Waals surface area contributed by atoms with Crippen molar-refractivity contribution in [3.8, 4) is 10.4 Å². The van der Waals surface area contributed by atoms with Crippen molar-refractivity contribution >= 4 is 29.1 Å². The predicted octanol–water partition coefficient (Wildman–Crippen LogP) is 3.84. The SMILES string of the molecule is CC(C[C@H](NC(=O)c1ncc(-c2ccc(F)cc2)s1)C(=O)NC(C)(C)Cc1ccc(F)cc1)C(N)=O. The number of nitrogens with zero attached hydrogens (tertiary/aromatic N) is 1. The first-order chi connectivity index (χ1) is 16.9. The van der Waals surface area contributed by atoms with E-state index in [2.05, 4.69) is 15.6 Å². The molecule has 3 amide bonds. The Balaban J connectivity index is 1.73. The average molecular weight is 515 g/mol. The highest BCUT2D eigenvalue weighted by Gasteiger charge is 2.30. The van der Waals surface area contributed by atoms with Crippen LogP contribution < -0.4 is 16.4 Å². The minimum Gasteiger partial charge on any atom is -0.369 e. The summed E-state index contributed by atoms with van der Waals surface area (Å²) in [5.74, 6) is -3.07. The number of primary amides is 1. The maximum atomic E-state index is 13.2. The second-order valence-corrected chi connectivity index (χ2v) is 10.3. The molecular weight excluding hydrogens is 486 g/mol. The lowest BCUT2D eigenvalue weighted by Gasteiger charge is -2.30. The van der Waals surface area contributed by atoms with E-state index in [0.29, 0.717) is 16.9 Å². The summed E-state index contributed by atoms with van der Waals surface area (Å²) >= 11 is 1.10. The molecule has 190 valence electrons. The van der Waals surface area contributed by atoms with Gasteiger partial charge in [-0.1, -0.05) is 31.2 Å². The number of nitrogens with two attached hydrogens (primary N) is 1. The van der Waals surface area contributed by atoms with E-state index in [-0.39, 0.29) is 23.1 Å². The quantitative estimate of drug-likeness (QED) is 0.381. The Morgan fingerprint density at radius 3 is 2.19 bits per heavy atom. The van der Waals surface area contributed by atoms with E-state index in [1.54, 1.807) is 45.0 Å². The van der Waals surface area contributed by atoms with Crippen molar-refractivity contribution in [3.63, 3.8) is 0 Å². The van der Waals surface area contributed by atoms with Crippen LogP contribution in [0.5, 0.6) is 0 Å². The monoisotopic (exact) mass is 514 g/mol. The molecule has 1 aromatic heterocycles. The van der Waals surface area contributed by atoms with Gasteiger partial charge in [-0.3, -0.25) is 14.4 Å². The Bertz CT molecular complexity index is 1230. The Morgan fingerprint density at radius 2 is 1.61 bits per heavy atom. The number of benzene rings is 2. The molecule has 0 fully saturated rings. The zero-order valence-corrected chi connectivity index (χ0v) is 21.0. The highest BCUT2D eigenvalue weighted by molar-refractivity contribution is 7.17. The standard InChI is InChI=1S/C26H28F2N4O3S/c1-15(22(29)33)12-20(23(34)32-26(2,3)13-16-4-8-18(27)9-5-16)31-24(35)25-30-14-21(36-25)17-6-10-19(28)11-7-17/h4-11,14-15,20H,12-13H2,1-3H3,(H2,29,33)(H,31,35)(H,32,34)/t15?,20-/m0/s1. The number of carbonyl (C=O) groups excluding carboxylic acids is 3. The predicted molar refractivity (Wildman–Crippen MR) is 134 cm³/mol. The number of halogens is 2. The molecule has 36 heavy (non-hydrogen) atoms. The number of hydrogen-bond donors (Lipinski definition) is 3. The van der Waals surface area contributed by atoms with Crippen LogP contribution in [0.3, 0.4) is 0 Å². The lowest BCUT2D eigenvalue weighted by atomic mass is 9.93.